The third-order valence-corrected chi connectivity index (χ3v) is 6.19. The highest BCUT2D eigenvalue weighted by atomic mass is 32.2. The quantitative estimate of drug-likeness (QED) is 0.842. The molecule has 1 aliphatic rings. The van der Waals surface area contributed by atoms with E-state index in [1.54, 1.807) is 18.2 Å². The summed E-state index contributed by atoms with van der Waals surface area (Å²) in [6.07, 6.45) is 1.88. The largest absolute Gasteiger partial charge is 0.350 e. The molecule has 0 unspecified atom stereocenters. The summed E-state index contributed by atoms with van der Waals surface area (Å²) in [5.74, 6) is -0.230. The van der Waals surface area contributed by atoms with E-state index in [-0.39, 0.29) is 16.8 Å². The van der Waals surface area contributed by atoms with Crippen molar-refractivity contribution >= 4 is 15.9 Å². The van der Waals surface area contributed by atoms with Crippen molar-refractivity contribution in [1.29, 1.82) is 0 Å². The second-order valence-electron chi connectivity index (χ2n) is 6.40. The summed E-state index contributed by atoms with van der Waals surface area (Å²) in [6, 6.07) is 6.38. The lowest BCUT2D eigenvalue weighted by molar-refractivity contribution is 0.0938. The lowest BCUT2D eigenvalue weighted by atomic mass is 10.1. The van der Waals surface area contributed by atoms with Crippen molar-refractivity contribution in [2.24, 2.45) is 0 Å². The molecule has 0 aliphatic carbocycles. The number of benzene rings is 1. The summed E-state index contributed by atoms with van der Waals surface area (Å²) in [4.78, 5) is 14.6. The van der Waals surface area contributed by atoms with Gasteiger partial charge in [0.15, 0.2) is 0 Å². The second kappa shape index (κ2) is 8.09. The molecule has 0 bridgehead atoms. The highest BCUT2D eigenvalue weighted by Gasteiger charge is 2.28. The first kappa shape index (κ1) is 18.9. The predicted octanol–water partition coefficient (Wildman–Crippen LogP) is 1.54. The lowest BCUT2D eigenvalue weighted by Gasteiger charge is -2.31. The molecule has 1 heterocycles. The summed E-state index contributed by atoms with van der Waals surface area (Å²) in [5.41, 5.74) is 0.383. The molecular weight excluding hydrogens is 326 g/mol. The number of sulfonamides is 1. The number of likely N-dealkylation sites (N-methyl/N-ethyl adjacent to an activating group) is 1. The van der Waals surface area contributed by atoms with Gasteiger partial charge in [0.05, 0.1) is 4.90 Å². The minimum atomic E-state index is -3.55. The fraction of sp³-hybridized carbons (Fsp3) is 0.588. The minimum Gasteiger partial charge on any atom is -0.350 e. The van der Waals surface area contributed by atoms with E-state index in [4.69, 9.17) is 0 Å². The van der Waals surface area contributed by atoms with Gasteiger partial charge in [-0.2, -0.15) is 4.31 Å². The Balaban J connectivity index is 2.15. The van der Waals surface area contributed by atoms with Gasteiger partial charge in [-0.15, -0.1) is 0 Å². The van der Waals surface area contributed by atoms with E-state index < -0.39 is 10.0 Å². The molecule has 1 atom stereocenters. The minimum absolute atomic E-state index is 0.0698. The molecule has 1 N–H and O–H groups in total. The molecule has 1 amide bonds. The molecule has 134 valence electrons. The van der Waals surface area contributed by atoms with Gasteiger partial charge >= 0.3 is 0 Å². The number of hydrogen-bond acceptors (Lipinski definition) is 4. The molecular formula is C17H27N3O3S. The molecule has 7 heteroatoms. The van der Waals surface area contributed by atoms with Gasteiger partial charge in [-0.25, -0.2) is 8.42 Å². The first-order valence-corrected chi connectivity index (χ1v) is 9.88. The van der Waals surface area contributed by atoms with E-state index in [0.29, 0.717) is 31.7 Å². The van der Waals surface area contributed by atoms with Crippen LogP contribution in [0.1, 0.15) is 37.0 Å². The maximum Gasteiger partial charge on any atom is 0.251 e. The van der Waals surface area contributed by atoms with Crippen LogP contribution in [0.5, 0.6) is 0 Å². The molecule has 0 radical (unpaired) electrons. The van der Waals surface area contributed by atoms with Crippen LogP contribution >= 0.6 is 0 Å². The van der Waals surface area contributed by atoms with Crippen molar-refractivity contribution in [1.82, 2.24) is 14.5 Å². The molecule has 1 fully saturated rings. The SMILES string of the molecule is CCC[C@H](C)NC(=O)c1cccc(S(=O)(=O)N2CCN(C)CC2)c1. The second-order valence-corrected chi connectivity index (χ2v) is 8.34. The lowest BCUT2D eigenvalue weighted by Crippen LogP contribution is -2.47. The fourth-order valence-corrected chi connectivity index (χ4v) is 4.26. The van der Waals surface area contributed by atoms with Crippen LogP contribution in [0.15, 0.2) is 29.2 Å². The van der Waals surface area contributed by atoms with E-state index in [1.165, 1.54) is 10.4 Å². The Morgan fingerprint density at radius 2 is 1.92 bits per heavy atom. The van der Waals surface area contributed by atoms with Crippen LogP contribution in [0.4, 0.5) is 0 Å². The zero-order chi connectivity index (χ0) is 17.7. The highest BCUT2D eigenvalue weighted by Crippen LogP contribution is 2.18. The van der Waals surface area contributed by atoms with E-state index in [1.807, 2.05) is 14.0 Å². The Hall–Kier alpha value is -1.44. The molecule has 1 saturated heterocycles. The van der Waals surface area contributed by atoms with Crippen molar-refractivity contribution in [2.75, 3.05) is 33.2 Å². The molecule has 2 rings (SSSR count). The molecule has 6 nitrogen and oxygen atoms in total. The van der Waals surface area contributed by atoms with Gasteiger partial charge in [0, 0.05) is 37.8 Å². The zero-order valence-electron chi connectivity index (χ0n) is 14.7. The van der Waals surface area contributed by atoms with Crippen molar-refractivity contribution in [3.63, 3.8) is 0 Å². The number of carbonyl (C=O) groups is 1. The van der Waals surface area contributed by atoms with Crippen LogP contribution in [0.3, 0.4) is 0 Å². The third kappa shape index (κ3) is 4.55. The van der Waals surface area contributed by atoms with Crippen molar-refractivity contribution in [3.05, 3.63) is 29.8 Å². The number of piperazine rings is 1. The van der Waals surface area contributed by atoms with Gasteiger partial charge < -0.3 is 10.2 Å². The monoisotopic (exact) mass is 353 g/mol. The van der Waals surface area contributed by atoms with Gasteiger partial charge in [0.2, 0.25) is 10.0 Å². The summed E-state index contributed by atoms with van der Waals surface area (Å²) in [5, 5.41) is 2.91. The van der Waals surface area contributed by atoms with Crippen molar-refractivity contribution in [3.8, 4) is 0 Å². The normalized spacial score (nSPS) is 18.3. The summed E-state index contributed by atoms with van der Waals surface area (Å²) in [7, 11) is -1.57. The molecule has 0 spiro atoms. The number of hydrogen-bond donors (Lipinski definition) is 1. The van der Waals surface area contributed by atoms with Gasteiger partial charge in [0.1, 0.15) is 0 Å². The van der Waals surface area contributed by atoms with Crippen LogP contribution in [0, 0.1) is 0 Å². The maximum absolute atomic E-state index is 12.8. The number of carbonyl (C=O) groups excluding carboxylic acids is 1. The number of nitrogens with zero attached hydrogens (tertiary/aromatic N) is 2. The maximum atomic E-state index is 12.8. The van der Waals surface area contributed by atoms with Crippen LogP contribution in [-0.4, -0.2) is 62.8 Å². The molecule has 0 saturated carbocycles. The first-order valence-electron chi connectivity index (χ1n) is 8.44. The third-order valence-electron chi connectivity index (χ3n) is 4.30. The molecule has 1 aromatic carbocycles. The van der Waals surface area contributed by atoms with Crippen molar-refractivity contribution < 1.29 is 13.2 Å². The van der Waals surface area contributed by atoms with E-state index in [0.717, 1.165) is 12.8 Å². The standard InChI is InChI=1S/C17H27N3O3S/c1-4-6-14(2)18-17(21)15-7-5-8-16(13-15)24(22,23)20-11-9-19(3)10-12-20/h5,7-8,13-14H,4,6,9-12H2,1-3H3,(H,18,21)/t14-/m0/s1. The van der Waals surface area contributed by atoms with Crippen LogP contribution in [0.2, 0.25) is 0 Å². The van der Waals surface area contributed by atoms with Gasteiger partial charge in [0.25, 0.3) is 5.91 Å². The van der Waals surface area contributed by atoms with Crippen LogP contribution in [0.25, 0.3) is 0 Å². The summed E-state index contributed by atoms with van der Waals surface area (Å²) >= 11 is 0. The Morgan fingerprint density at radius 1 is 1.25 bits per heavy atom. The molecule has 1 aromatic rings. The fourth-order valence-electron chi connectivity index (χ4n) is 2.79. The Labute approximate surface area is 144 Å². The zero-order valence-corrected chi connectivity index (χ0v) is 15.5. The van der Waals surface area contributed by atoms with Crippen LogP contribution in [-0.2, 0) is 10.0 Å². The van der Waals surface area contributed by atoms with Gasteiger partial charge in [-0.3, -0.25) is 4.79 Å². The Morgan fingerprint density at radius 3 is 2.54 bits per heavy atom. The number of amides is 1. The average molecular weight is 353 g/mol. The van der Waals surface area contributed by atoms with Crippen molar-refractivity contribution in [2.45, 2.75) is 37.6 Å². The average Bonchev–Trinajstić information content (AvgIpc) is 2.55. The van der Waals surface area contributed by atoms with Gasteiger partial charge in [-0.05, 0) is 38.6 Å². The van der Waals surface area contributed by atoms with Gasteiger partial charge in [-0.1, -0.05) is 19.4 Å². The van der Waals surface area contributed by atoms with E-state index >= 15 is 0 Å². The predicted molar refractivity (Wildman–Crippen MR) is 94.5 cm³/mol. The molecule has 0 aromatic heterocycles. The smallest absolute Gasteiger partial charge is 0.251 e. The Kier molecular flexibility index (Phi) is 6.37. The summed E-state index contributed by atoms with van der Waals surface area (Å²) < 4.78 is 27.0. The van der Waals surface area contributed by atoms with Crippen LogP contribution < -0.4 is 5.32 Å². The Bertz CT molecular complexity index is 667. The highest BCUT2D eigenvalue weighted by molar-refractivity contribution is 7.89. The number of nitrogens with one attached hydrogen (secondary N) is 1. The van der Waals surface area contributed by atoms with E-state index in [2.05, 4.69) is 17.1 Å². The molecule has 1 aliphatic heterocycles. The molecule has 24 heavy (non-hydrogen) atoms. The summed E-state index contributed by atoms with van der Waals surface area (Å²) in [6.45, 7) is 6.39. The number of rotatable bonds is 6. The van der Waals surface area contributed by atoms with E-state index in [9.17, 15) is 13.2 Å². The topological polar surface area (TPSA) is 69.7 Å². The first-order chi connectivity index (χ1) is 11.3.